The van der Waals surface area contributed by atoms with Crippen molar-refractivity contribution in [3.63, 3.8) is 0 Å². The molecule has 0 saturated carbocycles. The molecule has 2 heterocycles. The first kappa shape index (κ1) is 11.1. The van der Waals surface area contributed by atoms with Gasteiger partial charge in [0, 0.05) is 6.42 Å². The summed E-state index contributed by atoms with van der Waals surface area (Å²) in [6, 6.07) is 0. The van der Waals surface area contributed by atoms with Crippen LogP contribution in [0.5, 0.6) is 0 Å². The minimum Gasteiger partial charge on any atom is -0.316 e. The van der Waals surface area contributed by atoms with Crippen LogP contribution >= 0.6 is 12.2 Å². The van der Waals surface area contributed by atoms with E-state index in [4.69, 9.17) is 12.2 Å². The van der Waals surface area contributed by atoms with Crippen molar-refractivity contribution >= 4 is 17.9 Å². The first-order chi connectivity index (χ1) is 7.49. The van der Waals surface area contributed by atoms with Crippen molar-refractivity contribution in [3.8, 4) is 0 Å². The molecule has 86 valence electrons. The zero-order valence-electron chi connectivity index (χ0n) is 9.50. The Morgan fingerprint density at radius 1 is 1.44 bits per heavy atom. The molecule has 0 saturated heterocycles. The Hall–Kier alpha value is -1.43. The predicted octanol–water partition coefficient (Wildman–Crippen LogP) is 1.59. The summed E-state index contributed by atoms with van der Waals surface area (Å²) < 4.78 is 1.89. The molecule has 5 nitrogen and oxygen atoms in total. The number of hydrogen-bond acceptors (Lipinski definition) is 3. The quantitative estimate of drug-likeness (QED) is 0.781. The average molecular weight is 238 g/mol. The Kier molecular flexibility index (Phi) is 2.67. The van der Waals surface area contributed by atoms with Gasteiger partial charge in [0.2, 0.25) is 0 Å². The lowest BCUT2D eigenvalue weighted by Gasteiger charge is -2.02. The van der Waals surface area contributed by atoms with E-state index in [2.05, 4.69) is 28.8 Å². The molecule has 0 fully saturated rings. The molecule has 0 atom stereocenters. The number of fused-ring (bicyclic) bond motifs is 1. The third-order valence-corrected chi connectivity index (χ3v) is 2.57. The van der Waals surface area contributed by atoms with Gasteiger partial charge >= 0.3 is 5.69 Å². The number of rotatable bonds is 2. The van der Waals surface area contributed by atoms with Crippen LogP contribution in [0, 0.1) is 17.6 Å². The van der Waals surface area contributed by atoms with Crippen molar-refractivity contribution < 1.29 is 0 Å². The first-order valence-corrected chi connectivity index (χ1v) is 5.60. The lowest BCUT2D eigenvalue weighted by molar-refractivity contribution is 0.613. The molecule has 0 aliphatic rings. The van der Waals surface area contributed by atoms with Crippen LogP contribution in [-0.4, -0.2) is 19.4 Å². The van der Waals surface area contributed by atoms with Gasteiger partial charge < -0.3 is 4.98 Å². The molecule has 0 aliphatic heterocycles. The fraction of sp³-hybridized carbons (Fsp3) is 0.500. The highest BCUT2D eigenvalue weighted by Crippen LogP contribution is 2.10. The SMILES string of the molecule is Cc1nc(CC(C)C)n2c(=O)[nH]c(=S)[nH]c12. The molecule has 2 aromatic rings. The summed E-state index contributed by atoms with van der Waals surface area (Å²) in [4.78, 5) is 21.7. The van der Waals surface area contributed by atoms with Gasteiger partial charge in [-0.05, 0) is 25.1 Å². The second kappa shape index (κ2) is 3.86. The van der Waals surface area contributed by atoms with Gasteiger partial charge in [0.25, 0.3) is 0 Å². The van der Waals surface area contributed by atoms with Gasteiger partial charge in [-0.25, -0.2) is 14.2 Å². The second-order valence-electron chi connectivity index (χ2n) is 4.28. The summed E-state index contributed by atoms with van der Waals surface area (Å²) in [5.41, 5.74) is 1.26. The number of aryl methyl sites for hydroxylation is 1. The van der Waals surface area contributed by atoms with Crippen LogP contribution in [0.4, 0.5) is 0 Å². The largest absolute Gasteiger partial charge is 0.334 e. The molecule has 0 aliphatic carbocycles. The smallest absolute Gasteiger partial charge is 0.316 e. The molecular weight excluding hydrogens is 224 g/mol. The van der Waals surface area contributed by atoms with Crippen LogP contribution in [0.2, 0.25) is 0 Å². The Labute approximate surface area is 97.6 Å². The molecule has 0 bridgehead atoms. The Morgan fingerprint density at radius 3 is 2.75 bits per heavy atom. The van der Waals surface area contributed by atoms with Crippen molar-refractivity contribution in [1.82, 2.24) is 19.4 Å². The topological polar surface area (TPSA) is 66.0 Å². The third-order valence-electron chi connectivity index (χ3n) is 2.37. The van der Waals surface area contributed by atoms with Gasteiger partial charge in [0.05, 0.1) is 5.69 Å². The molecule has 2 rings (SSSR count). The van der Waals surface area contributed by atoms with E-state index in [9.17, 15) is 4.79 Å². The molecule has 2 N–H and O–H groups in total. The summed E-state index contributed by atoms with van der Waals surface area (Å²) in [5.74, 6) is 1.22. The Bertz CT molecular complexity index is 634. The molecule has 6 heteroatoms. The Balaban J connectivity index is 2.78. The van der Waals surface area contributed by atoms with Crippen LogP contribution in [0.3, 0.4) is 0 Å². The van der Waals surface area contributed by atoms with Crippen LogP contribution in [0.15, 0.2) is 4.79 Å². The summed E-state index contributed by atoms with van der Waals surface area (Å²) >= 11 is 4.93. The highest BCUT2D eigenvalue weighted by Gasteiger charge is 2.12. The zero-order chi connectivity index (χ0) is 11.9. The number of nitrogens with one attached hydrogen (secondary N) is 2. The van der Waals surface area contributed by atoms with E-state index in [1.165, 1.54) is 0 Å². The molecule has 2 aromatic heterocycles. The number of nitrogens with zero attached hydrogens (tertiary/aromatic N) is 2. The van der Waals surface area contributed by atoms with E-state index in [0.29, 0.717) is 16.3 Å². The van der Waals surface area contributed by atoms with Crippen molar-refractivity contribution in [2.75, 3.05) is 0 Å². The lowest BCUT2D eigenvalue weighted by atomic mass is 10.1. The normalized spacial score (nSPS) is 11.5. The van der Waals surface area contributed by atoms with Gasteiger partial charge in [-0.15, -0.1) is 0 Å². The summed E-state index contributed by atoms with van der Waals surface area (Å²) in [7, 11) is 0. The molecular formula is C10H14N4OS. The van der Waals surface area contributed by atoms with Gasteiger partial charge in [0.1, 0.15) is 11.5 Å². The molecule has 0 aromatic carbocycles. The van der Waals surface area contributed by atoms with Crippen molar-refractivity contribution in [3.05, 3.63) is 26.8 Å². The molecule has 0 unspecified atom stereocenters. The number of hydrogen-bond donors (Lipinski definition) is 2. The third kappa shape index (κ3) is 1.80. The number of aromatic nitrogens is 4. The summed E-state index contributed by atoms with van der Waals surface area (Å²) in [6.45, 7) is 6.05. The van der Waals surface area contributed by atoms with E-state index in [1.54, 1.807) is 4.40 Å². The van der Waals surface area contributed by atoms with Gasteiger partial charge in [-0.2, -0.15) is 0 Å². The minimum atomic E-state index is -0.227. The number of imidazole rings is 1. The standard InChI is InChI=1S/C10H14N4OS/c1-5(2)4-7-11-6(3)8-12-9(16)13-10(15)14(7)8/h5H,4H2,1-3H3,(H2,12,13,15,16). The van der Waals surface area contributed by atoms with E-state index in [1.807, 2.05) is 6.92 Å². The monoisotopic (exact) mass is 238 g/mol. The van der Waals surface area contributed by atoms with Gasteiger partial charge in [-0.1, -0.05) is 13.8 Å². The Morgan fingerprint density at radius 2 is 2.12 bits per heavy atom. The van der Waals surface area contributed by atoms with Crippen LogP contribution in [0.25, 0.3) is 5.65 Å². The van der Waals surface area contributed by atoms with Crippen molar-refractivity contribution in [2.45, 2.75) is 27.2 Å². The maximum Gasteiger partial charge on any atom is 0.334 e. The maximum absolute atomic E-state index is 11.8. The zero-order valence-corrected chi connectivity index (χ0v) is 10.3. The molecule has 0 radical (unpaired) electrons. The van der Waals surface area contributed by atoms with E-state index in [0.717, 1.165) is 17.9 Å². The van der Waals surface area contributed by atoms with E-state index < -0.39 is 0 Å². The van der Waals surface area contributed by atoms with Crippen molar-refractivity contribution in [1.29, 1.82) is 0 Å². The second-order valence-corrected chi connectivity index (χ2v) is 4.69. The predicted molar refractivity (Wildman–Crippen MR) is 64.3 cm³/mol. The van der Waals surface area contributed by atoms with Crippen LogP contribution < -0.4 is 5.69 Å². The molecule has 0 spiro atoms. The number of H-pyrrole nitrogens is 2. The molecule has 0 amide bonds. The fourth-order valence-electron chi connectivity index (χ4n) is 1.75. The average Bonchev–Trinajstić information content (AvgIpc) is 2.42. The van der Waals surface area contributed by atoms with E-state index in [-0.39, 0.29) is 5.69 Å². The van der Waals surface area contributed by atoms with Crippen LogP contribution in [0.1, 0.15) is 25.4 Å². The summed E-state index contributed by atoms with van der Waals surface area (Å²) in [5, 5.41) is 0. The molecule has 16 heavy (non-hydrogen) atoms. The number of aromatic amines is 2. The fourth-order valence-corrected chi connectivity index (χ4v) is 1.93. The maximum atomic E-state index is 11.8. The minimum absolute atomic E-state index is 0.227. The highest BCUT2D eigenvalue weighted by molar-refractivity contribution is 7.71. The first-order valence-electron chi connectivity index (χ1n) is 5.19. The highest BCUT2D eigenvalue weighted by atomic mass is 32.1. The van der Waals surface area contributed by atoms with Gasteiger partial charge in [0.15, 0.2) is 4.77 Å². The van der Waals surface area contributed by atoms with E-state index >= 15 is 0 Å². The van der Waals surface area contributed by atoms with Gasteiger partial charge in [-0.3, -0.25) is 4.98 Å². The van der Waals surface area contributed by atoms with Crippen molar-refractivity contribution in [2.24, 2.45) is 5.92 Å². The lowest BCUT2D eigenvalue weighted by Crippen LogP contribution is -2.20. The van der Waals surface area contributed by atoms with Crippen LogP contribution in [-0.2, 0) is 6.42 Å². The summed E-state index contributed by atoms with van der Waals surface area (Å²) in [6.07, 6.45) is 0.767.